The second kappa shape index (κ2) is 2.15. The molecule has 84 valence electrons. The van der Waals surface area contributed by atoms with Crippen molar-refractivity contribution in [3.8, 4) is 0 Å². The van der Waals surface area contributed by atoms with Gasteiger partial charge in [0, 0.05) is 17.5 Å². The lowest BCUT2D eigenvalue weighted by Gasteiger charge is -2.44. The van der Waals surface area contributed by atoms with Gasteiger partial charge in [-0.2, -0.15) is 5.10 Å². The van der Waals surface area contributed by atoms with Crippen LogP contribution in [-0.4, -0.2) is 11.7 Å². The normalized spacial score (nSPS) is 64.4. The summed E-state index contributed by atoms with van der Waals surface area (Å²) >= 11 is 0. The molecule has 5 saturated carbocycles. The molecule has 3 N–H and O–H groups in total. The Kier molecular flexibility index (Phi) is 1.09. The summed E-state index contributed by atoms with van der Waals surface area (Å²) < 4.78 is 0. The Morgan fingerprint density at radius 1 is 1.12 bits per heavy atom. The van der Waals surface area contributed by atoms with Gasteiger partial charge in [-0.3, -0.25) is 0 Å². The largest absolute Gasteiger partial charge is 0.350 e. The second-order valence-corrected chi connectivity index (χ2v) is 6.35. The first-order chi connectivity index (χ1) is 7.77. The molecule has 4 nitrogen and oxygen atoms in total. The van der Waals surface area contributed by atoms with Crippen molar-refractivity contribution in [3.63, 3.8) is 0 Å². The average molecular weight is 217 g/mol. The maximum atomic E-state index is 10.8. The van der Waals surface area contributed by atoms with E-state index < -0.39 is 6.03 Å². The van der Waals surface area contributed by atoms with Crippen molar-refractivity contribution < 1.29 is 4.79 Å². The molecule has 2 bridgehead atoms. The van der Waals surface area contributed by atoms with Gasteiger partial charge in [-0.1, -0.05) is 0 Å². The number of hydrazone groups is 1. The highest BCUT2D eigenvalue weighted by Gasteiger charge is 2.79. The van der Waals surface area contributed by atoms with Gasteiger partial charge in [0.05, 0.1) is 0 Å². The Labute approximate surface area is 93.6 Å². The fraction of sp³-hybridized carbons (Fsp3) is 0.833. The summed E-state index contributed by atoms with van der Waals surface area (Å²) in [7, 11) is 0. The van der Waals surface area contributed by atoms with E-state index in [9.17, 15) is 4.79 Å². The number of amides is 2. The number of nitrogens with one attached hydrogen (secondary N) is 1. The van der Waals surface area contributed by atoms with Crippen LogP contribution in [0, 0.1) is 47.3 Å². The zero-order valence-corrected chi connectivity index (χ0v) is 8.97. The van der Waals surface area contributed by atoms with Gasteiger partial charge >= 0.3 is 6.03 Å². The number of carbonyl (C=O) groups is 1. The van der Waals surface area contributed by atoms with E-state index in [1.54, 1.807) is 0 Å². The van der Waals surface area contributed by atoms with Crippen LogP contribution in [0.15, 0.2) is 5.10 Å². The molecule has 0 heterocycles. The summed E-state index contributed by atoms with van der Waals surface area (Å²) in [5.74, 6) is 7.16. The third-order valence-electron chi connectivity index (χ3n) is 6.34. The number of rotatable bonds is 1. The molecule has 5 aliphatic rings. The number of hydrogen-bond acceptors (Lipinski definition) is 2. The highest BCUT2D eigenvalue weighted by atomic mass is 16.2. The molecule has 8 atom stereocenters. The van der Waals surface area contributed by atoms with Crippen LogP contribution in [0.25, 0.3) is 0 Å². The van der Waals surface area contributed by atoms with Crippen molar-refractivity contribution >= 4 is 11.7 Å². The van der Waals surface area contributed by atoms with Crippen molar-refractivity contribution in [2.24, 2.45) is 58.2 Å². The Morgan fingerprint density at radius 3 is 2.69 bits per heavy atom. The quantitative estimate of drug-likeness (QED) is 0.626. The van der Waals surface area contributed by atoms with E-state index in [1.165, 1.54) is 18.6 Å². The summed E-state index contributed by atoms with van der Waals surface area (Å²) in [6.07, 6.45) is 2.90. The smallest absolute Gasteiger partial charge is 0.332 e. The summed E-state index contributed by atoms with van der Waals surface area (Å²) in [4.78, 5) is 10.8. The SMILES string of the molecule is NC(=O)N/N=C1/C2C3CC4C1C1C2CC3C41. The molecular formula is C12H15N3O. The van der Waals surface area contributed by atoms with Crippen LogP contribution in [0.2, 0.25) is 0 Å². The minimum Gasteiger partial charge on any atom is -0.350 e. The van der Waals surface area contributed by atoms with E-state index in [2.05, 4.69) is 10.5 Å². The monoisotopic (exact) mass is 217 g/mol. The lowest BCUT2D eigenvalue weighted by atomic mass is 9.59. The standard InChI is InChI=1S/C12H15N3O/c13-12(16)15-14-11-8-4-2-5-7-3(4)1-6(8)9(7)10(5)11/h3-10H,1-2H2,(H3,13,15,16)/b14-11-. The Balaban J connectivity index is 1.60. The van der Waals surface area contributed by atoms with Gasteiger partial charge in [-0.15, -0.1) is 0 Å². The fourth-order valence-electron chi connectivity index (χ4n) is 6.40. The molecule has 2 amide bonds. The number of carbonyl (C=O) groups excluding carboxylic acids is 1. The molecule has 4 heteroatoms. The van der Waals surface area contributed by atoms with E-state index in [0.717, 1.165) is 41.4 Å². The van der Waals surface area contributed by atoms with Crippen LogP contribution in [-0.2, 0) is 0 Å². The lowest BCUT2D eigenvalue weighted by molar-refractivity contribution is 0.0503. The number of nitrogens with two attached hydrogens (primary N) is 1. The molecule has 16 heavy (non-hydrogen) atoms. The number of urea groups is 1. The number of hydrogen-bond donors (Lipinski definition) is 2. The molecule has 0 aromatic carbocycles. The number of nitrogens with zero attached hydrogens (tertiary/aromatic N) is 1. The first-order valence-electron chi connectivity index (χ1n) is 6.40. The molecule has 5 aliphatic carbocycles. The lowest BCUT2D eigenvalue weighted by Crippen LogP contribution is -2.44. The molecule has 8 unspecified atom stereocenters. The summed E-state index contributed by atoms with van der Waals surface area (Å²) in [5.41, 5.74) is 8.87. The zero-order chi connectivity index (χ0) is 10.6. The Bertz CT molecular complexity index is 440. The molecule has 0 saturated heterocycles. The van der Waals surface area contributed by atoms with Crippen LogP contribution in [0.5, 0.6) is 0 Å². The van der Waals surface area contributed by atoms with Gasteiger partial charge < -0.3 is 5.73 Å². The fourth-order valence-corrected chi connectivity index (χ4v) is 6.40. The van der Waals surface area contributed by atoms with E-state index >= 15 is 0 Å². The molecule has 5 rings (SSSR count). The summed E-state index contributed by atoms with van der Waals surface area (Å²) in [6.45, 7) is 0. The van der Waals surface area contributed by atoms with Crippen LogP contribution in [0.1, 0.15) is 12.8 Å². The predicted octanol–water partition coefficient (Wildman–Crippen LogP) is 0.788. The van der Waals surface area contributed by atoms with Gasteiger partial charge in [0.15, 0.2) is 0 Å². The maximum absolute atomic E-state index is 10.8. The average Bonchev–Trinajstić information content (AvgIpc) is 2.72. The molecule has 0 radical (unpaired) electrons. The first kappa shape index (κ1) is 8.09. The third kappa shape index (κ3) is 0.590. The van der Waals surface area contributed by atoms with E-state index in [0.29, 0.717) is 5.92 Å². The molecule has 5 fully saturated rings. The van der Waals surface area contributed by atoms with E-state index in [1.807, 2.05) is 0 Å². The molecule has 0 aliphatic heterocycles. The Hall–Kier alpha value is -1.06. The number of fused-ring (bicyclic) bond motifs is 2. The molecular weight excluding hydrogens is 202 g/mol. The maximum Gasteiger partial charge on any atom is 0.332 e. The highest BCUT2D eigenvalue weighted by Crippen LogP contribution is 2.81. The minimum absolute atomic E-state index is 0.522. The molecule has 0 aromatic heterocycles. The van der Waals surface area contributed by atoms with Crippen molar-refractivity contribution in [2.75, 3.05) is 0 Å². The van der Waals surface area contributed by atoms with Gasteiger partial charge in [0.2, 0.25) is 0 Å². The van der Waals surface area contributed by atoms with Crippen LogP contribution >= 0.6 is 0 Å². The third-order valence-corrected chi connectivity index (χ3v) is 6.34. The van der Waals surface area contributed by atoms with Crippen LogP contribution in [0.4, 0.5) is 4.79 Å². The van der Waals surface area contributed by atoms with Crippen molar-refractivity contribution in [1.82, 2.24) is 5.43 Å². The van der Waals surface area contributed by atoms with Gasteiger partial charge in [-0.25, -0.2) is 10.2 Å². The highest BCUT2D eigenvalue weighted by molar-refractivity contribution is 5.96. The van der Waals surface area contributed by atoms with Crippen LogP contribution in [0.3, 0.4) is 0 Å². The van der Waals surface area contributed by atoms with Gasteiger partial charge in [0.25, 0.3) is 0 Å². The van der Waals surface area contributed by atoms with Crippen LogP contribution < -0.4 is 11.2 Å². The number of primary amides is 1. The summed E-state index contributed by atoms with van der Waals surface area (Å²) in [5, 5.41) is 4.33. The molecule has 0 aromatic rings. The predicted molar refractivity (Wildman–Crippen MR) is 57.3 cm³/mol. The van der Waals surface area contributed by atoms with Crippen molar-refractivity contribution in [1.29, 1.82) is 0 Å². The van der Waals surface area contributed by atoms with E-state index in [4.69, 9.17) is 5.73 Å². The van der Waals surface area contributed by atoms with Gasteiger partial charge in [0.1, 0.15) is 0 Å². The topological polar surface area (TPSA) is 67.5 Å². The minimum atomic E-state index is -0.522. The van der Waals surface area contributed by atoms with Crippen molar-refractivity contribution in [2.45, 2.75) is 12.8 Å². The zero-order valence-electron chi connectivity index (χ0n) is 8.97. The Morgan fingerprint density at radius 2 is 1.88 bits per heavy atom. The van der Waals surface area contributed by atoms with E-state index in [-0.39, 0.29) is 0 Å². The van der Waals surface area contributed by atoms with Gasteiger partial charge in [-0.05, 0) is 48.3 Å². The molecule has 0 spiro atoms. The second-order valence-electron chi connectivity index (χ2n) is 6.35. The van der Waals surface area contributed by atoms with Crippen molar-refractivity contribution in [3.05, 3.63) is 0 Å². The summed E-state index contributed by atoms with van der Waals surface area (Å²) in [6, 6.07) is -0.522. The first-order valence-corrected chi connectivity index (χ1v) is 6.40.